The molecule has 0 aliphatic carbocycles. The Labute approximate surface area is 184 Å². The Bertz CT molecular complexity index is 1110. The van der Waals surface area contributed by atoms with Crippen molar-refractivity contribution in [3.8, 4) is 0 Å². The van der Waals surface area contributed by atoms with Gasteiger partial charge in [0.05, 0.1) is 11.1 Å². The number of carbonyl (C=O) groups is 1. The third kappa shape index (κ3) is 4.94. The average molecular weight is 443 g/mol. The first kappa shape index (κ1) is 21.1. The molecule has 2 heterocycles. The lowest BCUT2D eigenvalue weighted by atomic mass is 10.0. The van der Waals surface area contributed by atoms with Crippen LogP contribution in [0.25, 0.3) is 0 Å². The van der Waals surface area contributed by atoms with Crippen LogP contribution in [0.15, 0.2) is 54.7 Å². The quantitative estimate of drug-likeness (QED) is 0.554. The molecule has 1 aliphatic heterocycles. The highest BCUT2D eigenvalue weighted by Gasteiger charge is 2.23. The maximum absolute atomic E-state index is 13.4. The van der Waals surface area contributed by atoms with Crippen molar-refractivity contribution in [1.82, 2.24) is 15.2 Å². The molecule has 160 valence electrons. The molecule has 2 aromatic carbocycles. The molecule has 0 saturated carbocycles. The largest absolute Gasteiger partial charge is 0.340 e. The molecule has 5 nitrogen and oxygen atoms in total. The summed E-state index contributed by atoms with van der Waals surface area (Å²) in [4.78, 5) is 18.9. The van der Waals surface area contributed by atoms with Crippen molar-refractivity contribution in [3.63, 3.8) is 0 Å². The standard InChI is InChI=1S/C23H21ClF2N4O/c1-14(15-2-7-21(26)20(24)10-15)28-23(31)30-9-8-16-12-27-22(11-17(16)13-30)29-19-5-3-18(25)4-6-19/h2-7,10-12,14H,8-9,13H2,1H3,(H,27,29)(H,28,31)/t14-/m1/s1. The number of nitrogens with one attached hydrogen (secondary N) is 2. The first-order chi connectivity index (χ1) is 14.9. The first-order valence-electron chi connectivity index (χ1n) is 9.90. The normalized spacial score (nSPS) is 14.0. The van der Waals surface area contributed by atoms with E-state index in [9.17, 15) is 13.6 Å². The fourth-order valence-corrected chi connectivity index (χ4v) is 3.69. The molecule has 1 aliphatic rings. The lowest BCUT2D eigenvalue weighted by Gasteiger charge is -2.30. The van der Waals surface area contributed by atoms with E-state index in [4.69, 9.17) is 11.6 Å². The topological polar surface area (TPSA) is 57.3 Å². The van der Waals surface area contributed by atoms with Crippen LogP contribution in [0, 0.1) is 11.6 Å². The van der Waals surface area contributed by atoms with Crippen molar-refractivity contribution < 1.29 is 13.6 Å². The van der Waals surface area contributed by atoms with Gasteiger partial charge in [-0.15, -0.1) is 0 Å². The smallest absolute Gasteiger partial charge is 0.318 e. The minimum Gasteiger partial charge on any atom is -0.340 e. The molecule has 3 aromatic rings. The third-order valence-electron chi connectivity index (χ3n) is 5.28. The minimum absolute atomic E-state index is 0.0270. The van der Waals surface area contributed by atoms with Crippen LogP contribution < -0.4 is 10.6 Å². The summed E-state index contributed by atoms with van der Waals surface area (Å²) < 4.78 is 26.5. The molecule has 0 spiro atoms. The van der Waals surface area contributed by atoms with Crippen molar-refractivity contribution in [1.29, 1.82) is 0 Å². The number of benzene rings is 2. The van der Waals surface area contributed by atoms with Gasteiger partial charge in [0.2, 0.25) is 0 Å². The number of hydrogen-bond donors (Lipinski definition) is 2. The van der Waals surface area contributed by atoms with E-state index in [1.807, 2.05) is 13.0 Å². The monoisotopic (exact) mass is 442 g/mol. The second-order valence-corrected chi connectivity index (χ2v) is 7.89. The van der Waals surface area contributed by atoms with Gasteiger partial charge < -0.3 is 15.5 Å². The highest BCUT2D eigenvalue weighted by Crippen LogP contribution is 2.24. The Kier molecular flexibility index (Phi) is 6.04. The van der Waals surface area contributed by atoms with E-state index >= 15 is 0 Å². The van der Waals surface area contributed by atoms with Gasteiger partial charge in [-0.1, -0.05) is 17.7 Å². The van der Waals surface area contributed by atoms with Crippen molar-refractivity contribution >= 4 is 29.1 Å². The van der Waals surface area contributed by atoms with Crippen molar-refractivity contribution in [2.75, 3.05) is 11.9 Å². The molecule has 0 saturated heterocycles. The van der Waals surface area contributed by atoms with Gasteiger partial charge in [-0.05, 0) is 72.5 Å². The van der Waals surface area contributed by atoms with Crippen LogP contribution in [-0.2, 0) is 13.0 Å². The Hall–Kier alpha value is -3.19. The van der Waals surface area contributed by atoms with Gasteiger partial charge >= 0.3 is 6.03 Å². The molecular weight excluding hydrogens is 422 g/mol. The van der Waals surface area contributed by atoms with E-state index < -0.39 is 5.82 Å². The van der Waals surface area contributed by atoms with E-state index in [2.05, 4.69) is 15.6 Å². The molecule has 2 N–H and O–H groups in total. The summed E-state index contributed by atoms with van der Waals surface area (Å²) in [5, 5.41) is 6.12. The lowest BCUT2D eigenvalue weighted by Crippen LogP contribution is -2.43. The van der Waals surface area contributed by atoms with Gasteiger partial charge in [0.15, 0.2) is 0 Å². The van der Waals surface area contributed by atoms with E-state index in [0.717, 1.165) is 22.4 Å². The molecule has 0 unspecified atom stereocenters. The molecule has 2 amide bonds. The number of aromatic nitrogens is 1. The second-order valence-electron chi connectivity index (χ2n) is 7.49. The predicted octanol–water partition coefficient (Wildman–Crippen LogP) is 5.59. The van der Waals surface area contributed by atoms with Crippen molar-refractivity contribution in [2.24, 2.45) is 0 Å². The summed E-state index contributed by atoms with van der Waals surface area (Å²) in [7, 11) is 0. The molecule has 0 radical (unpaired) electrons. The number of carbonyl (C=O) groups excluding carboxylic acids is 1. The fourth-order valence-electron chi connectivity index (χ4n) is 3.50. The number of rotatable bonds is 4. The number of pyridine rings is 1. The zero-order chi connectivity index (χ0) is 22.0. The van der Waals surface area contributed by atoms with Crippen molar-refractivity contribution in [2.45, 2.75) is 25.9 Å². The molecule has 0 bridgehead atoms. The predicted molar refractivity (Wildman–Crippen MR) is 116 cm³/mol. The maximum Gasteiger partial charge on any atom is 0.318 e. The summed E-state index contributed by atoms with van der Waals surface area (Å²) >= 11 is 5.85. The molecule has 0 fully saturated rings. The van der Waals surface area contributed by atoms with Crippen LogP contribution in [0.1, 0.15) is 29.7 Å². The number of halogens is 3. The van der Waals surface area contributed by atoms with E-state index in [1.165, 1.54) is 24.3 Å². The highest BCUT2D eigenvalue weighted by atomic mass is 35.5. The maximum atomic E-state index is 13.4. The molecule has 31 heavy (non-hydrogen) atoms. The third-order valence-corrected chi connectivity index (χ3v) is 5.57. The summed E-state index contributed by atoms with van der Waals surface area (Å²) in [5.74, 6) is -0.167. The molecule has 1 aromatic heterocycles. The number of fused-ring (bicyclic) bond motifs is 1. The highest BCUT2D eigenvalue weighted by molar-refractivity contribution is 6.30. The van der Waals surface area contributed by atoms with Crippen LogP contribution in [0.5, 0.6) is 0 Å². The number of urea groups is 1. The second kappa shape index (κ2) is 8.89. The minimum atomic E-state index is -0.491. The van der Waals surface area contributed by atoms with Gasteiger partial charge in [-0.25, -0.2) is 18.6 Å². The van der Waals surface area contributed by atoms with Gasteiger partial charge in [0.25, 0.3) is 0 Å². The number of amides is 2. The lowest BCUT2D eigenvalue weighted by molar-refractivity contribution is 0.189. The number of nitrogens with zero attached hydrogens (tertiary/aromatic N) is 2. The van der Waals surface area contributed by atoms with Gasteiger partial charge in [-0.3, -0.25) is 0 Å². The molecular formula is C23H21ClF2N4O. The Balaban J connectivity index is 1.42. The Morgan fingerprint density at radius 1 is 1.13 bits per heavy atom. The van der Waals surface area contributed by atoms with Crippen LogP contribution in [0.3, 0.4) is 0 Å². The van der Waals surface area contributed by atoms with Crippen LogP contribution >= 0.6 is 11.6 Å². The zero-order valence-electron chi connectivity index (χ0n) is 16.8. The zero-order valence-corrected chi connectivity index (χ0v) is 17.6. The number of anilines is 2. The first-order valence-corrected chi connectivity index (χ1v) is 10.3. The Morgan fingerprint density at radius 2 is 1.90 bits per heavy atom. The Morgan fingerprint density at radius 3 is 2.65 bits per heavy atom. The van der Waals surface area contributed by atoms with E-state index in [1.54, 1.807) is 29.3 Å². The van der Waals surface area contributed by atoms with E-state index in [-0.39, 0.29) is 22.9 Å². The summed E-state index contributed by atoms with van der Waals surface area (Å²) in [6.07, 6.45) is 2.50. The summed E-state index contributed by atoms with van der Waals surface area (Å²) in [6.45, 7) is 2.84. The SMILES string of the molecule is C[C@@H](NC(=O)N1CCc2cnc(Nc3ccc(F)cc3)cc2C1)c1ccc(F)c(Cl)c1. The molecule has 4 rings (SSSR count). The molecule has 8 heteroatoms. The van der Waals surface area contributed by atoms with Gasteiger partial charge in [0.1, 0.15) is 17.5 Å². The number of hydrogen-bond acceptors (Lipinski definition) is 3. The van der Waals surface area contributed by atoms with Crippen LogP contribution in [-0.4, -0.2) is 22.5 Å². The van der Waals surface area contributed by atoms with Crippen molar-refractivity contribution in [3.05, 3.63) is 88.1 Å². The van der Waals surface area contributed by atoms with Crippen LogP contribution in [0.2, 0.25) is 5.02 Å². The van der Waals surface area contributed by atoms with Crippen LogP contribution in [0.4, 0.5) is 25.1 Å². The molecule has 1 atom stereocenters. The summed E-state index contributed by atoms with van der Waals surface area (Å²) in [6, 6.07) is 11.8. The summed E-state index contributed by atoms with van der Waals surface area (Å²) in [5.41, 5.74) is 3.55. The van der Waals surface area contributed by atoms with Gasteiger partial charge in [0, 0.05) is 25.0 Å². The average Bonchev–Trinajstić information content (AvgIpc) is 2.76. The fraction of sp³-hybridized carbons (Fsp3) is 0.217. The van der Waals surface area contributed by atoms with Gasteiger partial charge in [-0.2, -0.15) is 0 Å². The van der Waals surface area contributed by atoms with E-state index in [0.29, 0.717) is 25.3 Å².